The van der Waals surface area contributed by atoms with Crippen molar-refractivity contribution in [1.29, 1.82) is 0 Å². The molecule has 0 bridgehead atoms. The lowest BCUT2D eigenvalue weighted by Gasteiger charge is -2.13. The number of benzene rings is 2. The molecule has 0 amide bonds. The fraction of sp³-hybridized carbons (Fsp3) is 0.294. The monoisotopic (exact) mass is 319 g/mol. The van der Waals surface area contributed by atoms with Crippen LogP contribution in [0.2, 0.25) is 0 Å². The van der Waals surface area contributed by atoms with Crippen LogP contribution in [-0.4, -0.2) is 26.8 Å². The van der Waals surface area contributed by atoms with Crippen molar-refractivity contribution in [2.45, 2.75) is 25.3 Å². The van der Waals surface area contributed by atoms with Gasteiger partial charge >= 0.3 is 0 Å². The summed E-state index contributed by atoms with van der Waals surface area (Å²) in [4.78, 5) is 0.277. The second kappa shape index (κ2) is 6.50. The van der Waals surface area contributed by atoms with Gasteiger partial charge in [-0.3, -0.25) is 0 Å². The van der Waals surface area contributed by atoms with Crippen LogP contribution in [-0.2, 0) is 16.6 Å². The average molecular weight is 319 g/mol. The van der Waals surface area contributed by atoms with E-state index in [1.807, 2.05) is 31.2 Å². The van der Waals surface area contributed by atoms with Crippen LogP contribution < -0.4 is 4.74 Å². The van der Waals surface area contributed by atoms with Crippen LogP contribution >= 0.6 is 0 Å². The Morgan fingerprint density at radius 3 is 2.36 bits per heavy atom. The maximum Gasteiger partial charge on any atom is 0.242 e. The molecule has 2 aromatic rings. The molecule has 118 valence electrons. The van der Waals surface area contributed by atoms with Crippen LogP contribution in [0.5, 0.6) is 5.75 Å². The first-order valence-electron chi connectivity index (χ1n) is 7.02. The second-order valence-corrected chi connectivity index (χ2v) is 7.62. The first-order chi connectivity index (χ1) is 10.3. The Kier molecular flexibility index (Phi) is 4.88. The summed E-state index contributed by atoms with van der Waals surface area (Å²) in [5.74, 6) is 0.781. The van der Waals surface area contributed by atoms with Gasteiger partial charge in [-0.05, 0) is 54.8 Å². The fourth-order valence-corrected chi connectivity index (χ4v) is 2.95. The summed E-state index contributed by atoms with van der Waals surface area (Å²) >= 11 is 0. The highest BCUT2D eigenvalue weighted by molar-refractivity contribution is 7.89. The number of nitrogens with zero attached hydrogens (tertiary/aromatic N) is 1. The quantitative estimate of drug-likeness (QED) is 0.850. The first-order valence-corrected chi connectivity index (χ1v) is 8.46. The van der Waals surface area contributed by atoms with Gasteiger partial charge in [0.2, 0.25) is 10.0 Å². The van der Waals surface area contributed by atoms with Crippen LogP contribution in [0.1, 0.15) is 16.7 Å². The molecular weight excluding hydrogens is 298 g/mol. The summed E-state index contributed by atoms with van der Waals surface area (Å²) in [6.07, 6.45) is 0. The van der Waals surface area contributed by atoms with Crippen molar-refractivity contribution in [3.63, 3.8) is 0 Å². The number of aryl methyl sites for hydroxylation is 2. The van der Waals surface area contributed by atoms with Crippen molar-refractivity contribution in [1.82, 2.24) is 4.31 Å². The molecule has 0 aliphatic heterocycles. The Balaban J connectivity index is 2.16. The van der Waals surface area contributed by atoms with Crippen LogP contribution in [0.3, 0.4) is 0 Å². The topological polar surface area (TPSA) is 46.6 Å². The number of rotatable bonds is 5. The van der Waals surface area contributed by atoms with E-state index in [1.54, 1.807) is 18.2 Å². The third-order valence-corrected chi connectivity index (χ3v) is 5.37. The summed E-state index contributed by atoms with van der Waals surface area (Å²) in [7, 11) is -0.374. The zero-order chi connectivity index (χ0) is 16.3. The third kappa shape index (κ3) is 3.67. The molecule has 0 aliphatic rings. The lowest BCUT2D eigenvalue weighted by molar-refractivity contribution is 0.305. The molecule has 0 radical (unpaired) electrons. The number of sulfonamides is 1. The SMILES string of the molecule is Cc1ccc(OCc2cccc(S(=O)(=O)N(C)C)c2)cc1C. The third-order valence-electron chi connectivity index (χ3n) is 3.56. The zero-order valence-corrected chi connectivity index (χ0v) is 14.1. The summed E-state index contributed by atoms with van der Waals surface area (Å²) in [6.45, 7) is 4.42. The molecule has 0 aliphatic carbocycles. The molecule has 0 saturated heterocycles. The molecule has 0 spiro atoms. The van der Waals surface area contributed by atoms with E-state index in [4.69, 9.17) is 4.74 Å². The van der Waals surface area contributed by atoms with Crippen molar-refractivity contribution in [2.75, 3.05) is 14.1 Å². The lowest BCUT2D eigenvalue weighted by Crippen LogP contribution is -2.22. The Hall–Kier alpha value is -1.85. The summed E-state index contributed by atoms with van der Waals surface area (Å²) in [5, 5.41) is 0. The number of ether oxygens (including phenoxy) is 1. The molecule has 4 nitrogen and oxygen atoms in total. The minimum Gasteiger partial charge on any atom is -0.489 e. The molecule has 5 heteroatoms. The van der Waals surface area contributed by atoms with Crippen LogP contribution in [0, 0.1) is 13.8 Å². The fourth-order valence-electron chi connectivity index (χ4n) is 1.98. The minimum atomic E-state index is -3.42. The zero-order valence-electron chi connectivity index (χ0n) is 13.3. The van der Waals surface area contributed by atoms with Crippen LogP contribution in [0.4, 0.5) is 0 Å². The summed E-state index contributed by atoms with van der Waals surface area (Å²) < 4.78 is 31.2. The molecule has 0 unspecified atom stereocenters. The second-order valence-electron chi connectivity index (χ2n) is 5.47. The van der Waals surface area contributed by atoms with Crippen molar-refractivity contribution in [2.24, 2.45) is 0 Å². The van der Waals surface area contributed by atoms with E-state index in [1.165, 1.54) is 29.5 Å². The average Bonchev–Trinajstić information content (AvgIpc) is 2.48. The maximum atomic E-state index is 12.1. The summed E-state index contributed by atoms with van der Waals surface area (Å²) in [6, 6.07) is 12.7. The van der Waals surface area contributed by atoms with E-state index in [-0.39, 0.29) is 4.90 Å². The van der Waals surface area contributed by atoms with Gasteiger partial charge in [-0.1, -0.05) is 18.2 Å². The van der Waals surface area contributed by atoms with Gasteiger partial charge < -0.3 is 4.74 Å². The molecule has 22 heavy (non-hydrogen) atoms. The molecular formula is C17H21NO3S. The Morgan fingerprint density at radius 1 is 1.00 bits per heavy atom. The molecule has 0 heterocycles. The Morgan fingerprint density at radius 2 is 1.73 bits per heavy atom. The van der Waals surface area contributed by atoms with Crippen LogP contribution in [0.25, 0.3) is 0 Å². The summed E-state index contributed by atoms with van der Waals surface area (Å²) in [5.41, 5.74) is 3.20. The molecule has 0 fully saturated rings. The normalized spacial score (nSPS) is 11.7. The van der Waals surface area contributed by atoms with Gasteiger partial charge in [0.1, 0.15) is 12.4 Å². The minimum absolute atomic E-state index is 0.277. The van der Waals surface area contributed by atoms with Gasteiger partial charge in [0.25, 0.3) is 0 Å². The molecule has 0 aromatic heterocycles. The van der Waals surface area contributed by atoms with E-state index < -0.39 is 10.0 Å². The molecule has 0 atom stereocenters. The molecule has 2 aromatic carbocycles. The van der Waals surface area contributed by atoms with Crippen molar-refractivity contribution in [3.8, 4) is 5.75 Å². The van der Waals surface area contributed by atoms with Gasteiger partial charge in [0.15, 0.2) is 0 Å². The van der Waals surface area contributed by atoms with Crippen molar-refractivity contribution in [3.05, 3.63) is 59.2 Å². The Labute approximate surface area is 132 Å². The smallest absolute Gasteiger partial charge is 0.242 e. The predicted octanol–water partition coefficient (Wildman–Crippen LogP) is 3.13. The highest BCUT2D eigenvalue weighted by Crippen LogP contribution is 2.19. The van der Waals surface area contributed by atoms with Gasteiger partial charge in [-0.2, -0.15) is 0 Å². The molecule has 2 rings (SSSR count). The first kappa shape index (κ1) is 16.5. The van der Waals surface area contributed by atoms with Crippen molar-refractivity contribution < 1.29 is 13.2 Å². The molecule has 0 N–H and O–H groups in total. The molecule has 0 saturated carbocycles. The van der Waals surface area contributed by atoms with E-state index >= 15 is 0 Å². The largest absolute Gasteiger partial charge is 0.489 e. The van der Waals surface area contributed by atoms with Gasteiger partial charge in [0.05, 0.1) is 4.90 Å². The maximum absolute atomic E-state index is 12.1. The van der Waals surface area contributed by atoms with Gasteiger partial charge in [0, 0.05) is 14.1 Å². The number of hydrogen-bond acceptors (Lipinski definition) is 3. The lowest BCUT2D eigenvalue weighted by atomic mass is 10.1. The Bertz CT molecular complexity index is 767. The van der Waals surface area contributed by atoms with E-state index in [2.05, 4.69) is 6.92 Å². The highest BCUT2D eigenvalue weighted by Gasteiger charge is 2.17. The van der Waals surface area contributed by atoms with E-state index in [0.29, 0.717) is 6.61 Å². The highest BCUT2D eigenvalue weighted by atomic mass is 32.2. The number of hydrogen-bond donors (Lipinski definition) is 0. The van der Waals surface area contributed by atoms with Gasteiger partial charge in [-0.25, -0.2) is 12.7 Å². The van der Waals surface area contributed by atoms with Crippen molar-refractivity contribution >= 4 is 10.0 Å². The predicted molar refractivity (Wildman–Crippen MR) is 87.6 cm³/mol. The standard InChI is InChI=1S/C17H21NO3S/c1-13-8-9-16(10-14(13)2)21-12-15-6-5-7-17(11-15)22(19,20)18(3)4/h5-11H,12H2,1-4H3. The van der Waals surface area contributed by atoms with Gasteiger partial charge in [-0.15, -0.1) is 0 Å². The van der Waals surface area contributed by atoms with E-state index in [0.717, 1.165) is 11.3 Å². The van der Waals surface area contributed by atoms with Crippen LogP contribution in [0.15, 0.2) is 47.4 Å². The van der Waals surface area contributed by atoms with E-state index in [9.17, 15) is 8.42 Å².